The number of hydrogen-bond acceptors (Lipinski definition) is 8. The third-order valence-electron chi connectivity index (χ3n) is 8.58. The van der Waals surface area contributed by atoms with E-state index in [0.29, 0.717) is 12.8 Å². The third kappa shape index (κ3) is 39.5. The summed E-state index contributed by atoms with van der Waals surface area (Å²) in [6.45, 7) is 3.98. The van der Waals surface area contributed by atoms with E-state index in [1.54, 1.807) is 12.3 Å². The third-order valence-corrected chi connectivity index (χ3v) is 9.56. The monoisotopic (exact) mass is 768 g/mol. The number of carbonyl (C=O) groups excluding carboxylic acids is 1. The van der Waals surface area contributed by atoms with Crippen LogP contribution in [0.4, 0.5) is 0 Å². The maximum Gasteiger partial charge on any atom is 0.472 e. The van der Waals surface area contributed by atoms with Crippen molar-refractivity contribution in [3.8, 4) is 0 Å². The second kappa shape index (κ2) is 39.7. The Morgan fingerprint density at radius 3 is 1.83 bits per heavy atom. The topological polar surface area (TPSA) is 138 Å². The number of nitrogens with two attached hydrogens (primary N) is 1. The molecule has 0 aromatic rings. The van der Waals surface area contributed by atoms with Crippen molar-refractivity contribution >= 4 is 13.8 Å². The van der Waals surface area contributed by atoms with Crippen molar-refractivity contribution in [3.05, 3.63) is 60.9 Å². The van der Waals surface area contributed by atoms with Gasteiger partial charge in [-0.2, -0.15) is 0 Å². The minimum absolute atomic E-state index is 0.0434. The van der Waals surface area contributed by atoms with Gasteiger partial charge in [-0.15, -0.1) is 0 Å². The molecule has 308 valence electrons. The number of hydrogen-bond donors (Lipinski definition) is 3. The van der Waals surface area contributed by atoms with Gasteiger partial charge < -0.3 is 25.2 Å². The number of phosphoric ester groups is 1. The highest BCUT2D eigenvalue weighted by atomic mass is 31.2. The number of carbonyl (C=O) groups is 1. The largest absolute Gasteiger partial charge is 0.498 e. The SMILES string of the molecule is CCCCCC/C=C\CCCCCCCC/C=C/OC[C@H](COP(=O)(O)OCCN)OC(=O)CCCC(O)/C=C/C=C/C/C=C/CCCCCCCC. The number of rotatable bonds is 39. The summed E-state index contributed by atoms with van der Waals surface area (Å²) in [6.07, 6.45) is 45.0. The average Bonchev–Trinajstić information content (AvgIpc) is 3.14. The number of esters is 1. The van der Waals surface area contributed by atoms with E-state index in [2.05, 4.69) is 38.2 Å². The maximum absolute atomic E-state index is 12.6. The molecule has 2 unspecified atom stereocenters. The summed E-state index contributed by atoms with van der Waals surface area (Å²) in [7, 11) is -4.35. The van der Waals surface area contributed by atoms with E-state index < -0.39 is 26.0 Å². The summed E-state index contributed by atoms with van der Waals surface area (Å²) >= 11 is 0. The summed E-state index contributed by atoms with van der Waals surface area (Å²) < 4.78 is 33.0. The molecule has 0 saturated heterocycles. The molecule has 9 nitrogen and oxygen atoms in total. The maximum atomic E-state index is 12.6. The van der Waals surface area contributed by atoms with Crippen molar-refractivity contribution in [2.75, 3.05) is 26.4 Å². The van der Waals surface area contributed by atoms with E-state index in [1.165, 1.54) is 109 Å². The van der Waals surface area contributed by atoms with Gasteiger partial charge in [-0.3, -0.25) is 13.8 Å². The Bertz CT molecular complexity index is 1010. The molecule has 0 aromatic carbocycles. The van der Waals surface area contributed by atoms with Gasteiger partial charge in [0.1, 0.15) is 6.61 Å². The Morgan fingerprint density at radius 1 is 0.679 bits per heavy atom. The standard InChI is InChI=1S/C43H78NO8P/c1-3-5-7-9-11-13-15-17-18-19-21-23-25-27-29-31-37-49-39-42(40-51-53(47,48)50-38-36-44)52-43(46)35-32-34-41(45)33-30-28-26-24-22-20-16-14-12-10-8-6-4-2/h13,15,20,22,26,28,30-31,33,37,41-42,45H,3-12,14,16-19,21,23-25,27,29,32,34-36,38-40,44H2,1-2H3,(H,47,48)/b15-13-,22-20+,28-26+,33-30+,37-31+/t41?,42-/m1/s1. The van der Waals surface area contributed by atoms with Gasteiger partial charge in [0.25, 0.3) is 0 Å². The number of ether oxygens (including phenoxy) is 2. The van der Waals surface area contributed by atoms with Crippen molar-refractivity contribution in [2.24, 2.45) is 5.73 Å². The van der Waals surface area contributed by atoms with Gasteiger partial charge in [0.2, 0.25) is 0 Å². The van der Waals surface area contributed by atoms with Crippen LogP contribution >= 0.6 is 7.82 Å². The Morgan fingerprint density at radius 2 is 1.23 bits per heavy atom. The minimum atomic E-state index is -4.35. The highest BCUT2D eigenvalue weighted by Gasteiger charge is 2.25. The van der Waals surface area contributed by atoms with Crippen molar-refractivity contribution in [2.45, 2.75) is 180 Å². The zero-order chi connectivity index (χ0) is 38.9. The normalized spacial score (nSPS) is 14.7. The van der Waals surface area contributed by atoms with E-state index in [-0.39, 0.29) is 32.8 Å². The Hall–Kier alpha value is -2.00. The molecule has 0 heterocycles. The zero-order valence-electron chi connectivity index (χ0n) is 33.6. The second-order valence-electron chi connectivity index (χ2n) is 13.8. The van der Waals surface area contributed by atoms with Gasteiger partial charge in [-0.05, 0) is 76.7 Å². The predicted octanol–water partition coefficient (Wildman–Crippen LogP) is 11.5. The number of allylic oxidation sites excluding steroid dienone is 8. The summed E-state index contributed by atoms with van der Waals surface area (Å²) in [6, 6.07) is 0. The average molecular weight is 768 g/mol. The Labute approximate surface area is 324 Å². The molecule has 0 fully saturated rings. The van der Waals surface area contributed by atoms with Crippen LogP contribution in [0.1, 0.15) is 168 Å². The van der Waals surface area contributed by atoms with E-state index in [0.717, 1.165) is 25.7 Å². The van der Waals surface area contributed by atoms with Gasteiger partial charge in [-0.1, -0.05) is 140 Å². The first-order valence-corrected chi connectivity index (χ1v) is 22.4. The second-order valence-corrected chi connectivity index (χ2v) is 15.2. The molecule has 0 bridgehead atoms. The van der Waals surface area contributed by atoms with Crippen LogP contribution in [0.2, 0.25) is 0 Å². The molecule has 4 N–H and O–H groups in total. The summed E-state index contributed by atoms with van der Waals surface area (Å²) in [5.74, 6) is -0.510. The summed E-state index contributed by atoms with van der Waals surface area (Å²) in [5.41, 5.74) is 5.34. The minimum Gasteiger partial charge on any atom is -0.498 e. The first kappa shape index (κ1) is 51.0. The molecular formula is C43H78NO8P. The van der Waals surface area contributed by atoms with E-state index in [1.807, 2.05) is 24.3 Å². The molecule has 0 amide bonds. The number of aliphatic hydroxyl groups is 1. The fourth-order valence-corrected chi connectivity index (χ4v) is 6.20. The summed E-state index contributed by atoms with van der Waals surface area (Å²) in [4.78, 5) is 22.4. The van der Waals surface area contributed by atoms with Crippen LogP contribution in [-0.4, -0.2) is 54.5 Å². The van der Waals surface area contributed by atoms with Gasteiger partial charge in [-0.25, -0.2) is 4.57 Å². The molecular weight excluding hydrogens is 689 g/mol. The lowest BCUT2D eigenvalue weighted by molar-refractivity contribution is -0.153. The Kier molecular flexibility index (Phi) is 38.2. The smallest absolute Gasteiger partial charge is 0.472 e. The number of aliphatic hydroxyl groups excluding tert-OH is 1. The lowest BCUT2D eigenvalue weighted by Gasteiger charge is -2.19. The summed E-state index contributed by atoms with van der Waals surface area (Å²) in [5, 5.41) is 10.3. The molecule has 53 heavy (non-hydrogen) atoms. The van der Waals surface area contributed by atoms with Crippen LogP contribution in [0.15, 0.2) is 60.9 Å². The highest BCUT2D eigenvalue weighted by Crippen LogP contribution is 2.43. The molecule has 0 rings (SSSR count). The molecule has 0 aliphatic rings. The molecule has 10 heteroatoms. The molecule has 0 aromatic heterocycles. The molecule has 0 aliphatic carbocycles. The van der Waals surface area contributed by atoms with E-state index in [4.69, 9.17) is 24.3 Å². The van der Waals surface area contributed by atoms with Gasteiger partial charge >= 0.3 is 13.8 Å². The van der Waals surface area contributed by atoms with Crippen molar-refractivity contribution in [1.29, 1.82) is 0 Å². The Balaban J connectivity index is 4.32. The van der Waals surface area contributed by atoms with E-state index in [9.17, 15) is 19.4 Å². The first-order chi connectivity index (χ1) is 25.8. The molecule has 0 spiro atoms. The first-order valence-electron chi connectivity index (χ1n) is 20.9. The predicted molar refractivity (Wildman–Crippen MR) is 220 cm³/mol. The van der Waals surface area contributed by atoms with Gasteiger partial charge in [0.15, 0.2) is 6.10 Å². The van der Waals surface area contributed by atoms with Crippen molar-refractivity contribution in [1.82, 2.24) is 0 Å². The van der Waals surface area contributed by atoms with Crippen molar-refractivity contribution in [3.63, 3.8) is 0 Å². The lowest BCUT2D eigenvalue weighted by Crippen LogP contribution is -2.28. The van der Waals surface area contributed by atoms with Crippen LogP contribution in [-0.2, 0) is 27.9 Å². The van der Waals surface area contributed by atoms with Crippen LogP contribution in [0.3, 0.4) is 0 Å². The number of phosphoric acid groups is 1. The molecule has 0 radical (unpaired) electrons. The zero-order valence-corrected chi connectivity index (χ0v) is 34.5. The lowest BCUT2D eigenvalue weighted by atomic mass is 10.1. The van der Waals surface area contributed by atoms with Crippen LogP contribution in [0.25, 0.3) is 0 Å². The highest BCUT2D eigenvalue weighted by molar-refractivity contribution is 7.47. The fourth-order valence-electron chi connectivity index (χ4n) is 5.44. The van der Waals surface area contributed by atoms with Crippen molar-refractivity contribution < 1.29 is 37.9 Å². The fraction of sp³-hybridized carbons (Fsp3) is 0.744. The van der Waals surface area contributed by atoms with Gasteiger partial charge in [0, 0.05) is 13.0 Å². The van der Waals surface area contributed by atoms with Crippen LogP contribution < -0.4 is 5.73 Å². The van der Waals surface area contributed by atoms with Crippen LogP contribution in [0.5, 0.6) is 0 Å². The molecule has 0 saturated carbocycles. The van der Waals surface area contributed by atoms with Gasteiger partial charge in [0.05, 0.1) is 25.6 Å². The number of unbranched alkanes of at least 4 members (excludes halogenated alkanes) is 17. The van der Waals surface area contributed by atoms with Crippen LogP contribution in [0, 0.1) is 0 Å². The molecule has 3 atom stereocenters. The molecule has 0 aliphatic heterocycles. The quantitative estimate of drug-likeness (QED) is 0.0139. The van der Waals surface area contributed by atoms with E-state index >= 15 is 0 Å².